The molecule has 0 unspecified atom stereocenters. The zero-order chi connectivity index (χ0) is 14.6. The number of ether oxygens (including phenoxy) is 1. The van der Waals surface area contributed by atoms with E-state index in [-0.39, 0.29) is 5.54 Å². The summed E-state index contributed by atoms with van der Waals surface area (Å²) in [5.41, 5.74) is 2.59. The highest BCUT2D eigenvalue weighted by atomic mass is 16.5. The third-order valence-corrected chi connectivity index (χ3v) is 3.38. The molecule has 0 N–H and O–H groups in total. The monoisotopic (exact) mass is 269 g/mol. The summed E-state index contributed by atoms with van der Waals surface area (Å²) in [6.45, 7) is 7.61. The third kappa shape index (κ3) is 3.53. The van der Waals surface area contributed by atoms with Crippen molar-refractivity contribution < 1.29 is 4.74 Å². The summed E-state index contributed by atoms with van der Waals surface area (Å²) in [5.74, 6) is 0.891. The molecule has 0 aliphatic carbocycles. The molecule has 2 heteroatoms. The second-order valence-electron chi connectivity index (χ2n) is 5.94. The number of anilines is 1. The molecule has 0 atom stereocenters. The normalized spacial score (nSPS) is 11.2. The summed E-state index contributed by atoms with van der Waals surface area (Å²) in [5, 5.41) is 0. The van der Waals surface area contributed by atoms with Crippen LogP contribution in [0.4, 0.5) is 5.69 Å². The Hall–Kier alpha value is -1.96. The Morgan fingerprint density at radius 2 is 1.50 bits per heavy atom. The van der Waals surface area contributed by atoms with Crippen molar-refractivity contribution in [1.29, 1.82) is 0 Å². The van der Waals surface area contributed by atoms with Gasteiger partial charge in [0.15, 0.2) is 0 Å². The summed E-state index contributed by atoms with van der Waals surface area (Å²) in [4.78, 5) is 2.40. The van der Waals surface area contributed by atoms with E-state index in [1.807, 2.05) is 12.1 Å². The van der Waals surface area contributed by atoms with Gasteiger partial charge in [0, 0.05) is 17.8 Å². The molecule has 0 radical (unpaired) electrons. The molecule has 2 aromatic carbocycles. The van der Waals surface area contributed by atoms with Gasteiger partial charge >= 0.3 is 0 Å². The fraction of sp³-hybridized carbons (Fsp3) is 0.333. The molecule has 0 aliphatic heterocycles. The average Bonchev–Trinajstić information content (AvgIpc) is 2.45. The molecular formula is C18H23NO. The Balaban J connectivity index is 2.28. The highest BCUT2D eigenvalue weighted by Gasteiger charge is 2.21. The molecular weight excluding hydrogens is 246 g/mol. The molecule has 106 valence electrons. The van der Waals surface area contributed by atoms with Crippen LogP contribution in [0.15, 0.2) is 54.6 Å². The number of benzene rings is 2. The number of methoxy groups -OCH3 is 1. The van der Waals surface area contributed by atoms with Gasteiger partial charge in [-0.05, 0) is 50.6 Å². The van der Waals surface area contributed by atoms with E-state index in [4.69, 9.17) is 4.74 Å². The molecule has 20 heavy (non-hydrogen) atoms. The van der Waals surface area contributed by atoms with E-state index >= 15 is 0 Å². The van der Waals surface area contributed by atoms with Crippen molar-refractivity contribution in [3.8, 4) is 5.75 Å². The minimum Gasteiger partial charge on any atom is -0.497 e. The molecule has 2 rings (SSSR count). The molecule has 0 saturated heterocycles. The molecule has 0 bridgehead atoms. The van der Waals surface area contributed by atoms with Crippen molar-refractivity contribution in [3.05, 3.63) is 60.2 Å². The average molecular weight is 269 g/mol. The Kier molecular flexibility index (Phi) is 4.33. The van der Waals surface area contributed by atoms with Crippen molar-refractivity contribution in [1.82, 2.24) is 0 Å². The van der Waals surface area contributed by atoms with Crippen molar-refractivity contribution in [3.63, 3.8) is 0 Å². The second-order valence-corrected chi connectivity index (χ2v) is 5.94. The van der Waals surface area contributed by atoms with Crippen molar-refractivity contribution in [2.75, 3.05) is 12.0 Å². The van der Waals surface area contributed by atoms with Gasteiger partial charge in [0.2, 0.25) is 0 Å². The Morgan fingerprint density at radius 3 is 2.00 bits per heavy atom. The van der Waals surface area contributed by atoms with Gasteiger partial charge in [-0.15, -0.1) is 0 Å². The van der Waals surface area contributed by atoms with Crippen LogP contribution in [0.25, 0.3) is 0 Å². The van der Waals surface area contributed by atoms with Crippen LogP contribution >= 0.6 is 0 Å². The maximum absolute atomic E-state index is 5.23. The van der Waals surface area contributed by atoms with E-state index in [2.05, 4.69) is 68.1 Å². The number of hydrogen-bond acceptors (Lipinski definition) is 2. The van der Waals surface area contributed by atoms with Gasteiger partial charge in [-0.25, -0.2) is 0 Å². The quantitative estimate of drug-likeness (QED) is 0.810. The lowest BCUT2D eigenvalue weighted by Gasteiger charge is -2.38. The summed E-state index contributed by atoms with van der Waals surface area (Å²) in [6.07, 6.45) is 0. The van der Waals surface area contributed by atoms with Gasteiger partial charge in [0.1, 0.15) is 5.75 Å². The van der Waals surface area contributed by atoms with Crippen molar-refractivity contribution in [2.45, 2.75) is 32.9 Å². The van der Waals surface area contributed by atoms with Gasteiger partial charge in [0.05, 0.1) is 7.11 Å². The zero-order valence-corrected chi connectivity index (χ0v) is 12.8. The highest BCUT2D eigenvalue weighted by Crippen LogP contribution is 2.27. The number of hydrogen-bond donors (Lipinski definition) is 0. The first-order chi connectivity index (χ1) is 9.50. The van der Waals surface area contributed by atoms with Crippen molar-refractivity contribution >= 4 is 5.69 Å². The van der Waals surface area contributed by atoms with E-state index in [1.54, 1.807) is 7.11 Å². The van der Waals surface area contributed by atoms with E-state index < -0.39 is 0 Å². The lowest BCUT2D eigenvalue weighted by Crippen LogP contribution is -2.40. The lowest BCUT2D eigenvalue weighted by atomic mass is 10.0. The fourth-order valence-electron chi connectivity index (χ4n) is 2.24. The van der Waals surface area contributed by atoms with Crippen LogP contribution in [-0.2, 0) is 6.54 Å². The first-order valence-corrected chi connectivity index (χ1v) is 6.96. The maximum atomic E-state index is 5.23. The van der Waals surface area contributed by atoms with Gasteiger partial charge in [-0.3, -0.25) is 0 Å². The summed E-state index contributed by atoms with van der Waals surface area (Å²) in [7, 11) is 1.69. The van der Waals surface area contributed by atoms with Gasteiger partial charge in [0.25, 0.3) is 0 Å². The van der Waals surface area contributed by atoms with Crippen LogP contribution in [0.5, 0.6) is 5.75 Å². The smallest absolute Gasteiger partial charge is 0.119 e. The predicted molar refractivity (Wildman–Crippen MR) is 85.4 cm³/mol. The van der Waals surface area contributed by atoms with Crippen LogP contribution in [0.1, 0.15) is 26.3 Å². The minimum atomic E-state index is 0.0600. The summed E-state index contributed by atoms with van der Waals surface area (Å²) >= 11 is 0. The molecule has 0 aromatic heterocycles. The Morgan fingerprint density at radius 1 is 0.900 bits per heavy atom. The fourth-order valence-corrected chi connectivity index (χ4v) is 2.24. The van der Waals surface area contributed by atoms with Crippen LogP contribution in [0, 0.1) is 0 Å². The van der Waals surface area contributed by atoms with Crippen LogP contribution in [0.3, 0.4) is 0 Å². The lowest BCUT2D eigenvalue weighted by molar-refractivity contribution is 0.414. The first-order valence-electron chi connectivity index (χ1n) is 6.96. The maximum Gasteiger partial charge on any atom is 0.119 e. The molecule has 2 nitrogen and oxygen atoms in total. The second kappa shape index (κ2) is 6.00. The van der Waals surface area contributed by atoms with Gasteiger partial charge in [-0.1, -0.05) is 30.3 Å². The topological polar surface area (TPSA) is 12.5 Å². The highest BCUT2D eigenvalue weighted by molar-refractivity contribution is 5.51. The molecule has 0 saturated carbocycles. The summed E-state index contributed by atoms with van der Waals surface area (Å²) in [6, 6.07) is 18.8. The summed E-state index contributed by atoms with van der Waals surface area (Å²) < 4.78 is 5.23. The molecule has 0 spiro atoms. The van der Waals surface area contributed by atoms with Crippen molar-refractivity contribution in [2.24, 2.45) is 0 Å². The standard InChI is InChI=1S/C18H23NO/c1-18(2,3)19(14-15-8-6-5-7-9-15)16-10-12-17(20-4)13-11-16/h5-13H,14H2,1-4H3. The minimum absolute atomic E-state index is 0.0600. The number of nitrogens with zero attached hydrogens (tertiary/aromatic N) is 1. The van der Waals surface area contributed by atoms with E-state index in [9.17, 15) is 0 Å². The molecule has 0 fully saturated rings. The van der Waals surface area contributed by atoms with Gasteiger partial charge < -0.3 is 9.64 Å². The molecule has 0 heterocycles. The SMILES string of the molecule is COc1ccc(N(Cc2ccccc2)C(C)(C)C)cc1. The first kappa shape index (κ1) is 14.4. The van der Waals surface area contributed by atoms with Crippen LogP contribution in [-0.4, -0.2) is 12.6 Å². The molecule has 0 amide bonds. The zero-order valence-electron chi connectivity index (χ0n) is 12.8. The van der Waals surface area contributed by atoms with Crippen LogP contribution in [0.2, 0.25) is 0 Å². The largest absolute Gasteiger partial charge is 0.497 e. The van der Waals surface area contributed by atoms with Gasteiger partial charge in [-0.2, -0.15) is 0 Å². The number of rotatable bonds is 4. The Bertz CT molecular complexity index is 526. The van der Waals surface area contributed by atoms with E-state index in [0.29, 0.717) is 0 Å². The predicted octanol–water partition coefficient (Wildman–Crippen LogP) is 4.50. The Labute approximate surface area is 122 Å². The molecule has 0 aliphatic rings. The van der Waals surface area contributed by atoms with Crippen LogP contribution < -0.4 is 9.64 Å². The van der Waals surface area contributed by atoms with E-state index in [1.165, 1.54) is 11.3 Å². The third-order valence-electron chi connectivity index (χ3n) is 3.38. The molecule has 2 aromatic rings. The van der Waals surface area contributed by atoms with E-state index in [0.717, 1.165) is 12.3 Å².